The van der Waals surface area contributed by atoms with E-state index in [1.165, 1.54) is 6.41 Å². The van der Waals surface area contributed by atoms with Crippen LogP contribution in [-0.4, -0.2) is 11.0 Å². The molecule has 0 saturated carbocycles. The molecule has 1 rings (SSSR count). The molecule has 0 spiro atoms. The van der Waals surface area contributed by atoms with Crippen molar-refractivity contribution in [3.8, 4) is 0 Å². The number of nitrogens with one attached hydrogen (secondary N) is 1. The Kier molecular flexibility index (Phi) is 2.95. The topological polar surface area (TPSA) is 52.2 Å². The molecule has 0 aliphatic heterocycles. The van der Waals surface area contributed by atoms with Gasteiger partial charge in [-0.15, -0.1) is 0 Å². The molecule has 1 aromatic rings. The maximum absolute atomic E-state index is 11.0. The second-order valence-corrected chi connectivity index (χ2v) is 3.00. The van der Waals surface area contributed by atoms with Crippen LogP contribution in [0.25, 0.3) is 0 Å². The normalized spacial score (nSPS) is 12.1. The average Bonchev–Trinajstić information content (AvgIpc) is 2.07. The molecule has 1 radical (unpaired) electrons. The largest absolute Gasteiger partial charge is 0.588 e. The third-order valence-electron chi connectivity index (χ3n) is 1.09. The first kappa shape index (κ1) is 8.10. The molecular weight excluding hydrogens is 162 g/mol. The molecule has 0 saturated heterocycles. The van der Waals surface area contributed by atoms with Gasteiger partial charge in [-0.3, -0.25) is 4.79 Å². The lowest BCUT2D eigenvalue weighted by Gasteiger charge is -2.04. The van der Waals surface area contributed by atoms with E-state index in [0.717, 1.165) is 0 Å². The van der Waals surface area contributed by atoms with E-state index in [1.807, 2.05) is 10.8 Å². The molecule has 0 heterocycles. The van der Waals surface area contributed by atoms with Gasteiger partial charge in [-0.25, -0.2) is 0 Å². The summed E-state index contributed by atoms with van der Waals surface area (Å²) in [6, 6.07) is 8.64. The van der Waals surface area contributed by atoms with Crippen LogP contribution in [0.1, 0.15) is 0 Å². The summed E-state index contributed by atoms with van der Waals surface area (Å²) in [5.41, 5.74) is 0. The average molecular weight is 168 g/mol. The minimum Gasteiger partial charge on any atom is -0.588 e. The summed E-state index contributed by atoms with van der Waals surface area (Å²) in [4.78, 5) is 10.3. The number of hydrogen-bond acceptors (Lipinski definition) is 2. The first-order valence-electron chi connectivity index (χ1n) is 2.94. The van der Waals surface area contributed by atoms with Crippen LogP contribution in [0.15, 0.2) is 35.2 Å². The Morgan fingerprint density at radius 2 is 2.00 bits per heavy atom. The molecule has 0 aliphatic carbocycles. The maximum Gasteiger partial charge on any atom is 0.354 e. The van der Waals surface area contributed by atoms with E-state index >= 15 is 0 Å². The summed E-state index contributed by atoms with van der Waals surface area (Å²) in [5, 5.41) is 0. The van der Waals surface area contributed by atoms with Crippen LogP contribution in [0, 0.1) is 0 Å². The van der Waals surface area contributed by atoms with Gasteiger partial charge in [0.05, 0.1) is 0 Å². The van der Waals surface area contributed by atoms with Crippen molar-refractivity contribution in [2.24, 2.45) is 0 Å². The summed E-state index contributed by atoms with van der Waals surface area (Å²) < 4.78 is 13.0. The minimum absolute atomic E-state index is 0.566. The lowest BCUT2D eigenvalue weighted by atomic mass is 10.4. The van der Waals surface area contributed by atoms with Crippen molar-refractivity contribution in [3.05, 3.63) is 30.3 Å². The van der Waals surface area contributed by atoms with Gasteiger partial charge >= 0.3 is 6.41 Å². The second kappa shape index (κ2) is 4.00. The number of amides is 1. The molecule has 11 heavy (non-hydrogen) atoms. The predicted octanol–water partition coefficient (Wildman–Crippen LogP) is 0.366. The Labute approximate surface area is 67.7 Å². The summed E-state index contributed by atoms with van der Waals surface area (Å²) in [5.74, 6) is 0. The van der Waals surface area contributed by atoms with Crippen molar-refractivity contribution < 1.29 is 9.35 Å². The molecule has 1 aromatic carbocycles. The van der Waals surface area contributed by atoms with Crippen molar-refractivity contribution in [3.63, 3.8) is 0 Å². The van der Waals surface area contributed by atoms with Crippen molar-refractivity contribution in [1.82, 2.24) is 4.72 Å². The minimum atomic E-state index is -1.46. The van der Waals surface area contributed by atoms with Gasteiger partial charge in [0.2, 0.25) is 0 Å². The van der Waals surface area contributed by atoms with Crippen molar-refractivity contribution in [1.29, 1.82) is 0 Å². The van der Waals surface area contributed by atoms with Crippen LogP contribution in [0.3, 0.4) is 0 Å². The fourth-order valence-corrected chi connectivity index (χ4v) is 1.24. The predicted molar refractivity (Wildman–Crippen MR) is 41.7 cm³/mol. The van der Waals surface area contributed by atoms with Crippen LogP contribution in [0.2, 0.25) is 0 Å². The molecule has 57 valence electrons. The lowest BCUT2D eigenvalue weighted by molar-refractivity contribution is 0.546. The number of carbonyl (C=O) groups excluding carboxylic acids is 1. The van der Waals surface area contributed by atoms with Crippen LogP contribution in [0.5, 0.6) is 0 Å². The van der Waals surface area contributed by atoms with Crippen LogP contribution in [0.4, 0.5) is 0 Å². The van der Waals surface area contributed by atoms with Gasteiger partial charge in [0, 0.05) is 0 Å². The monoisotopic (exact) mass is 168 g/mol. The maximum atomic E-state index is 11.0. The highest BCUT2D eigenvalue weighted by molar-refractivity contribution is 7.90. The summed E-state index contributed by atoms with van der Waals surface area (Å²) in [6.07, 6.45) is 1.37. The summed E-state index contributed by atoms with van der Waals surface area (Å²) in [6.45, 7) is 0. The highest BCUT2D eigenvalue weighted by atomic mass is 32.2. The zero-order valence-electron chi connectivity index (χ0n) is 5.61. The van der Waals surface area contributed by atoms with E-state index in [1.54, 1.807) is 24.3 Å². The number of hydrogen-bond donors (Lipinski definition) is 1. The van der Waals surface area contributed by atoms with Crippen LogP contribution >= 0.6 is 0 Å². The SMILES string of the molecule is O=[C]N[S+]([O-])c1ccccc1. The molecule has 0 aromatic heterocycles. The molecule has 1 N–H and O–H groups in total. The van der Waals surface area contributed by atoms with Gasteiger partial charge in [0.25, 0.3) is 0 Å². The lowest BCUT2D eigenvalue weighted by Crippen LogP contribution is -2.21. The Morgan fingerprint density at radius 3 is 2.55 bits per heavy atom. The Bertz CT molecular complexity index is 227. The first-order chi connectivity index (χ1) is 5.34. The van der Waals surface area contributed by atoms with Gasteiger partial charge in [-0.2, -0.15) is 4.72 Å². The third kappa shape index (κ3) is 2.25. The van der Waals surface area contributed by atoms with E-state index in [9.17, 15) is 9.35 Å². The van der Waals surface area contributed by atoms with Gasteiger partial charge in [0.1, 0.15) is 11.4 Å². The molecule has 1 atom stereocenters. The zero-order chi connectivity index (χ0) is 8.10. The highest BCUT2D eigenvalue weighted by Gasteiger charge is 2.07. The molecule has 0 fully saturated rings. The smallest absolute Gasteiger partial charge is 0.354 e. The molecule has 0 bridgehead atoms. The van der Waals surface area contributed by atoms with E-state index in [4.69, 9.17) is 0 Å². The van der Waals surface area contributed by atoms with Crippen molar-refractivity contribution in [2.75, 3.05) is 0 Å². The molecule has 1 unspecified atom stereocenters. The third-order valence-corrected chi connectivity index (χ3v) is 2.06. The number of benzene rings is 1. The molecular formula is C7H6NO2S. The van der Waals surface area contributed by atoms with Crippen LogP contribution < -0.4 is 4.72 Å². The van der Waals surface area contributed by atoms with E-state index in [-0.39, 0.29) is 0 Å². The highest BCUT2D eigenvalue weighted by Crippen LogP contribution is 2.05. The summed E-state index contributed by atoms with van der Waals surface area (Å²) >= 11 is -1.46. The fourth-order valence-electron chi connectivity index (χ4n) is 0.641. The van der Waals surface area contributed by atoms with Gasteiger partial charge < -0.3 is 4.55 Å². The van der Waals surface area contributed by atoms with Crippen molar-refractivity contribution in [2.45, 2.75) is 4.90 Å². The second-order valence-electron chi connectivity index (χ2n) is 1.79. The Morgan fingerprint density at radius 1 is 1.36 bits per heavy atom. The number of rotatable bonds is 3. The van der Waals surface area contributed by atoms with E-state index < -0.39 is 11.4 Å². The zero-order valence-corrected chi connectivity index (χ0v) is 6.43. The van der Waals surface area contributed by atoms with Crippen LogP contribution in [-0.2, 0) is 16.2 Å². The molecule has 3 nitrogen and oxygen atoms in total. The van der Waals surface area contributed by atoms with E-state index in [2.05, 4.69) is 0 Å². The molecule has 1 amide bonds. The Hall–Kier alpha value is -1.00. The van der Waals surface area contributed by atoms with Gasteiger partial charge in [-0.05, 0) is 12.1 Å². The van der Waals surface area contributed by atoms with Gasteiger partial charge in [-0.1, -0.05) is 18.2 Å². The molecule has 4 heteroatoms. The summed E-state index contributed by atoms with van der Waals surface area (Å²) in [7, 11) is 0. The first-order valence-corrected chi connectivity index (χ1v) is 4.09. The fraction of sp³-hybridized carbons (Fsp3) is 0. The Balaban J connectivity index is 2.68. The molecule has 0 aliphatic rings. The standard InChI is InChI=1S/C7H6NO2S/c9-6-8-11(10)7-4-2-1-3-5-7/h1-5H,(H,8,9). The van der Waals surface area contributed by atoms with Gasteiger partial charge in [0.15, 0.2) is 4.90 Å². The van der Waals surface area contributed by atoms with Crippen molar-refractivity contribution >= 4 is 17.8 Å². The van der Waals surface area contributed by atoms with E-state index in [0.29, 0.717) is 4.90 Å². The quantitative estimate of drug-likeness (QED) is 0.523.